The maximum atomic E-state index is 4.68. The van der Waals surface area contributed by atoms with E-state index in [4.69, 9.17) is 0 Å². The minimum atomic E-state index is 0.950. The Labute approximate surface area is 140 Å². The van der Waals surface area contributed by atoms with Gasteiger partial charge in [0.2, 0.25) is 0 Å². The van der Waals surface area contributed by atoms with E-state index in [0.717, 1.165) is 50.8 Å². The number of hydrogen-bond acceptors (Lipinski definition) is 5. The smallest absolute Gasteiger partial charge is 0.193 e. The summed E-state index contributed by atoms with van der Waals surface area (Å²) in [5.74, 6) is 1.18. The lowest BCUT2D eigenvalue weighted by molar-refractivity contribution is 0.118. The zero-order chi connectivity index (χ0) is 15.6. The van der Waals surface area contributed by atoms with Crippen molar-refractivity contribution in [1.82, 2.24) is 28.7 Å². The largest absolute Gasteiger partial charge is 0.334 e. The summed E-state index contributed by atoms with van der Waals surface area (Å²) in [6.07, 6.45) is 8.19. The summed E-state index contributed by atoms with van der Waals surface area (Å²) in [6.45, 7) is 9.44. The van der Waals surface area contributed by atoms with Gasteiger partial charge in [-0.25, -0.2) is 9.97 Å². The van der Waals surface area contributed by atoms with Crippen molar-refractivity contribution in [3.63, 3.8) is 0 Å². The number of piperazine rings is 1. The van der Waals surface area contributed by atoms with Gasteiger partial charge in [-0.3, -0.25) is 14.2 Å². The molecule has 0 radical (unpaired) electrons. The Bertz CT molecular complexity index is 736. The Morgan fingerprint density at radius 2 is 1.87 bits per heavy atom. The molecule has 1 aliphatic heterocycles. The Hall–Kier alpha value is -1.70. The quantitative estimate of drug-likeness (QED) is 0.717. The number of rotatable bonds is 5. The highest BCUT2D eigenvalue weighted by Crippen LogP contribution is 2.14. The van der Waals surface area contributed by atoms with Crippen LogP contribution in [0, 0.1) is 0 Å². The van der Waals surface area contributed by atoms with Crippen LogP contribution in [0.15, 0.2) is 30.2 Å². The number of nitrogens with zero attached hydrogens (tertiary/aromatic N) is 6. The van der Waals surface area contributed by atoms with E-state index in [9.17, 15) is 0 Å². The molecule has 3 aromatic rings. The summed E-state index contributed by atoms with van der Waals surface area (Å²) in [7, 11) is 0. The van der Waals surface area contributed by atoms with Gasteiger partial charge in [-0.2, -0.15) is 0 Å². The molecule has 1 fully saturated rings. The molecule has 3 aromatic heterocycles. The maximum absolute atomic E-state index is 4.68. The third-order valence-electron chi connectivity index (χ3n) is 4.50. The first-order valence-corrected chi connectivity index (χ1v) is 9.05. The first-order chi connectivity index (χ1) is 11.3. The third kappa shape index (κ3) is 3.17. The zero-order valence-corrected chi connectivity index (χ0v) is 14.2. The molecular formula is C16H22N6S. The second-order valence-electron chi connectivity index (χ2n) is 6.01. The fourth-order valence-electron chi connectivity index (χ4n) is 3.17. The molecule has 0 N–H and O–H groups in total. The highest BCUT2D eigenvalue weighted by atomic mass is 32.1. The number of fused-ring (bicyclic) bond motifs is 1. The average Bonchev–Trinajstić information content (AvgIpc) is 3.25. The Kier molecular flexibility index (Phi) is 4.15. The Morgan fingerprint density at radius 3 is 2.61 bits per heavy atom. The van der Waals surface area contributed by atoms with E-state index in [2.05, 4.69) is 59.6 Å². The van der Waals surface area contributed by atoms with E-state index in [1.54, 1.807) is 11.3 Å². The third-order valence-corrected chi connectivity index (χ3v) is 5.27. The molecule has 1 aliphatic rings. The highest BCUT2D eigenvalue weighted by molar-refractivity contribution is 7.15. The van der Waals surface area contributed by atoms with Crippen LogP contribution in [0.4, 0.5) is 0 Å². The first-order valence-electron chi connectivity index (χ1n) is 8.17. The SMILES string of the molecule is CCn1ccnc1CN1CCN(Cc2cn3ccsc3n2)CC1. The molecule has 122 valence electrons. The van der Waals surface area contributed by atoms with Crippen molar-refractivity contribution in [3.05, 3.63) is 41.7 Å². The predicted molar refractivity (Wildman–Crippen MR) is 91.5 cm³/mol. The van der Waals surface area contributed by atoms with Crippen LogP contribution in [-0.4, -0.2) is 54.9 Å². The van der Waals surface area contributed by atoms with Crippen LogP contribution < -0.4 is 0 Å². The van der Waals surface area contributed by atoms with Crippen molar-refractivity contribution in [2.24, 2.45) is 0 Å². The molecule has 0 amide bonds. The lowest BCUT2D eigenvalue weighted by atomic mass is 10.3. The fraction of sp³-hybridized carbons (Fsp3) is 0.500. The fourth-order valence-corrected chi connectivity index (χ4v) is 3.89. The molecule has 0 saturated carbocycles. The molecule has 0 aliphatic carbocycles. The summed E-state index contributed by atoms with van der Waals surface area (Å²) in [5.41, 5.74) is 1.17. The zero-order valence-electron chi connectivity index (χ0n) is 13.4. The monoisotopic (exact) mass is 330 g/mol. The molecule has 0 aromatic carbocycles. The van der Waals surface area contributed by atoms with Crippen molar-refractivity contribution >= 4 is 16.3 Å². The molecule has 23 heavy (non-hydrogen) atoms. The van der Waals surface area contributed by atoms with Crippen molar-refractivity contribution in [1.29, 1.82) is 0 Å². The van der Waals surface area contributed by atoms with Gasteiger partial charge in [-0.1, -0.05) is 0 Å². The van der Waals surface area contributed by atoms with Crippen molar-refractivity contribution in [3.8, 4) is 0 Å². The van der Waals surface area contributed by atoms with Gasteiger partial charge in [-0.15, -0.1) is 11.3 Å². The number of imidazole rings is 2. The van der Waals surface area contributed by atoms with Crippen molar-refractivity contribution < 1.29 is 0 Å². The number of aromatic nitrogens is 4. The molecule has 0 unspecified atom stereocenters. The Balaban J connectivity index is 1.31. The maximum Gasteiger partial charge on any atom is 0.193 e. The highest BCUT2D eigenvalue weighted by Gasteiger charge is 2.19. The lowest BCUT2D eigenvalue weighted by Crippen LogP contribution is -2.45. The summed E-state index contributed by atoms with van der Waals surface area (Å²) in [6, 6.07) is 0. The second-order valence-corrected chi connectivity index (χ2v) is 6.88. The van der Waals surface area contributed by atoms with Crippen molar-refractivity contribution in [2.75, 3.05) is 26.2 Å². The minimum absolute atomic E-state index is 0.950. The van der Waals surface area contributed by atoms with E-state index in [1.165, 1.54) is 11.5 Å². The molecule has 0 atom stereocenters. The minimum Gasteiger partial charge on any atom is -0.334 e. The molecule has 4 heterocycles. The second kappa shape index (κ2) is 6.43. The summed E-state index contributed by atoms with van der Waals surface area (Å²) in [4.78, 5) is 15.2. The van der Waals surface area contributed by atoms with Gasteiger partial charge in [-0.05, 0) is 6.92 Å². The molecule has 0 bridgehead atoms. The van der Waals surface area contributed by atoms with Crippen LogP contribution in [-0.2, 0) is 19.6 Å². The van der Waals surface area contributed by atoms with Gasteiger partial charge in [0.25, 0.3) is 0 Å². The summed E-state index contributed by atoms with van der Waals surface area (Å²) < 4.78 is 4.34. The van der Waals surface area contributed by atoms with Crippen LogP contribution in [0.3, 0.4) is 0 Å². The van der Waals surface area contributed by atoms with E-state index in [1.807, 2.05) is 6.20 Å². The summed E-state index contributed by atoms with van der Waals surface area (Å²) >= 11 is 1.69. The van der Waals surface area contributed by atoms with Gasteiger partial charge in [0.1, 0.15) is 5.82 Å². The van der Waals surface area contributed by atoms with Gasteiger partial charge in [0.05, 0.1) is 12.2 Å². The molecular weight excluding hydrogens is 308 g/mol. The molecule has 6 nitrogen and oxygen atoms in total. The van der Waals surface area contributed by atoms with Crippen LogP contribution >= 0.6 is 11.3 Å². The summed E-state index contributed by atoms with van der Waals surface area (Å²) in [5, 5.41) is 2.07. The predicted octanol–water partition coefficient (Wildman–Crippen LogP) is 1.93. The molecule has 0 spiro atoms. The van der Waals surface area contributed by atoms with Gasteiger partial charge < -0.3 is 4.57 Å². The first kappa shape index (κ1) is 14.9. The van der Waals surface area contributed by atoms with E-state index >= 15 is 0 Å². The number of hydrogen-bond donors (Lipinski definition) is 0. The lowest BCUT2D eigenvalue weighted by Gasteiger charge is -2.34. The average molecular weight is 330 g/mol. The molecule has 7 heteroatoms. The van der Waals surface area contributed by atoms with Crippen molar-refractivity contribution in [2.45, 2.75) is 26.6 Å². The molecule has 4 rings (SSSR count). The van der Waals surface area contributed by atoms with Gasteiger partial charge >= 0.3 is 0 Å². The Morgan fingerprint density at radius 1 is 1.09 bits per heavy atom. The normalized spacial score (nSPS) is 17.3. The van der Waals surface area contributed by atoms with Crippen LogP contribution in [0.1, 0.15) is 18.4 Å². The molecule has 1 saturated heterocycles. The standard InChI is InChI=1S/C16H22N6S/c1-2-21-4-3-17-15(21)13-20-7-5-19(6-8-20)11-14-12-22-9-10-23-16(22)18-14/h3-4,9-10,12H,2,5-8,11,13H2,1H3. The van der Waals surface area contributed by atoms with Crippen LogP contribution in [0.2, 0.25) is 0 Å². The van der Waals surface area contributed by atoms with Gasteiger partial charge in [0, 0.05) is 69.4 Å². The van der Waals surface area contributed by atoms with Gasteiger partial charge in [0.15, 0.2) is 4.96 Å². The van der Waals surface area contributed by atoms with E-state index < -0.39 is 0 Å². The van der Waals surface area contributed by atoms with Crippen LogP contribution in [0.5, 0.6) is 0 Å². The number of aryl methyl sites for hydroxylation is 1. The topological polar surface area (TPSA) is 41.6 Å². The number of thiazole rings is 1. The van der Waals surface area contributed by atoms with E-state index in [0.29, 0.717) is 0 Å². The van der Waals surface area contributed by atoms with E-state index in [-0.39, 0.29) is 0 Å². The van der Waals surface area contributed by atoms with Crippen LogP contribution in [0.25, 0.3) is 4.96 Å².